The molecule has 1 heterocycles. The van der Waals surface area contributed by atoms with Gasteiger partial charge in [0.1, 0.15) is 0 Å². The van der Waals surface area contributed by atoms with E-state index >= 15 is 0 Å². The fourth-order valence-electron chi connectivity index (χ4n) is 2.62. The summed E-state index contributed by atoms with van der Waals surface area (Å²) in [6.07, 6.45) is 2.15. The Morgan fingerprint density at radius 1 is 1.32 bits per heavy atom. The average molecular weight is 326 g/mol. The number of piperidine rings is 1. The monoisotopic (exact) mass is 325 g/mol. The van der Waals surface area contributed by atoms with Gasteiger partial charge in [0.15, 0.2) is 5.78 Å². The Morgan fingerprint density at radius 3 is 2.64 bits per heavy atom. The Hall–Kier alpha value is -1.43. The van der Waals surface area contributed by atoms with Crippen molar-refractivity contribution >= 4 is 29.8 Å². The summed E-state index contributed by atoms with van der Waals surface area (Å²) in [4.78, 5) is 25.5. The third-order valence-electron chi connectivity index (χ3n) is 3.88. The molecule has 22 heavy (non-hydrogen) atoms. The normalized spacial score (nSPS) is 15.2. The summed E-state index contributed by atoms with van der Waals surface area (Å²) in [6.45, 7) is 3.91. The van der Waals surface area contributed by atoms with Crippen LogP contribution in [0.25, 0.3) is 0 Å². The molecule has 0 aromatic heterocycles. The Morgan fingerprint density at radius 2 is 2.00 bits per heavy atom. The lowest BCUT2D eigenvalue weighted by atomic mass is 10.1. The van der Waals surface area contributed by atoms with Crippen molar-refractivity contribution in [3.8, 4) is 0 Å². The summed E-state index contributed by atoms with van der Waals surface area (Å²) in [5.41, 5.74) is 1.28. The van der Waals surface area contributed by atoms with Crippen LogP contribution in [0.4, 0.5) is 5.69 Å². The molecule has 0 radical (unpaired) electrons. The number of halogens is 1. The van der Waals surface area contributed by atoms with Crippen LogP contribution in [0.2, 0.25) is 0 Å². The van der Waals surface area contributed by atoms with E-state index in [0.29, 0.717) is 23.8 Å². The molecule has 1 aromatic carbocycles. The maximum Gasteiger partial charge on any atom is 0.238 e. The molecule has 1 aliphatic rings. The van der Waals surface area contributed by atoms with E-state index in [2.05, 4.69) is 15.5 Å². The van der Waals surface area contributed by atoms with Crippen molar-refractivity contribution in [3.05, 3.63) is 29.8 Å². The molecule has 0 spiro atoms. The van der Waals surface area contributed by atoms with Gasteiger partial charge in [0, 0.05) is 17.3 Å². The summed E-state index contributed by atoms with van der Waals surface area (Å²) in [5.74, 6) is -0.0466. The summed E-state index contributed by atoms with van der Waals surface area (Å²) in [6, 6.07) is 7.50. The minimum absolute atomic E-state index is 0. The lowest BCUT2D eigenvalue weighted by Crippen LogP contribution is -2.44. The minimum atomic E-state index is -0.0447. The second-order valence-electron chi connectivity index (χ2n) is 5.58. The van der Waals surface area contributed by atoms with E-state index in [0.717, 1.165) is 25.9 Å². The maximum atomic E-state index is 12.1. The predicted molar refractivity (Wildman–Crippen MR) is 90.8 cm³/mol. The number of benzene rings is 1. The van der Waals surface area contributed by atoms with E-state index < -0.39 is 0 Å². The van der Waals surface area contributed by atoms with Crippen molar-refractivity contribution in [1.29, 1.82) is 0 Å². The summed E-state index contributed by atoms with van der Waals surface area (Å²) >= 11 is 0. The fraction of sp³-hybridized carbons (Fsp3) is 0.500. The SMILES string of the molecule is CC(=O)c1cccc(NC(=O)CN(C)C2CCNCC2)c1.Cl. The largest absolute Gasteiger partial charge is 0.325 e. The number of ketones is 1. The zero-order valence-corrected chi connectivity index (χ0v) is 13.9. The van der Waals surface area contributed by atoms with Crippen molar-refractivity contribution in [2.24, 2.45) is 0 Å². The topological polar surface area (TPSA) is 61.4 Å². The molecule has 0 aliphatic carbocycles. The highest BCUT2D eigenvalue weighted by Crippen LogP contribution is 2.13. The highest BCUT2D eigenvalue weighted by Gasteiger charge is 2.19. The molecular weight excluding hydrogens is 302 g/mol. The van der Waals surface area contributed by atoms with Crippen LogP contribution in [0.1, 0.15) is 30.1 Å². The van der Waals surface area contributed by atoms with E-state index in [-0.39, 0.29) is 24.1 Å². The second-order valence-corrected chi connectivity index (χ2v) is 5.58. The smallest absolute Gasteiger partial charge is 0.238 e. The molecule has 122 valence electrons. The molecule has 2 rings (SSSR count). The number of rotatable bonds is 5. The van der Waals surface area contributed by atoms with Crippen molar-refractivity contribution in [1.82, 2.24) is 10.2 Å². The highest BCUT2D eigenvalue weighted by atomic mass is 35.5. The van der Waals surface area contributed by atoms with Gasteiger partial charge in [-0.25, -0.2) is 0 Å². The molecule has 0 saturated carbocycles. The number of carbonyl (C=O) groups is 2. The van der Waals surface area contributed by atoms with E-state index in [1.165, 1.54) is 6.92 Å². The van der Waals surface area contributed by atoms with Crippen LogP contribution >= 0.6 is 12.4 Å². The number of hydrogen-bond acceptors (Lipinski definition) is 4. The molecule has 1 aliphatic heterocycles. The van der Waals surface area contributed by atoms with Crippen LogP contribution in [0.3, 0.4) is 0 Å². The molecule has 1 aromatic rings. The standard InChI is InChI=1S/C16H23N3O2.ClH/c1-12(20)13-4-3-5-14(10-13)18-16(21)11-19(2)15-6-8-17-9-7-15;/h3-5,10,15,17H,6-9,11H2,1-2H3,(H,18,21);1H. The van der Waals surface area contributed by atoms with Gasteiger partial charge in [-0.2, -0.15) is 0 Å². The lowest BCUT2D eigenvalue weighted by molar-refractivity contribution is -0.117. The van der Waals surface area contributed by atoms with Crippen LogP contribution < -0.4 is 10.6 Å². The Labute approximate surface area is 137 Å². The lowest BCUT2D eigenvalue weighted by Gasteiger charge is -2.31. The van der Waals surface area contributed by atoms with Gasteiger partial charge in [0.05, 0.1) is 6.54 Å². The molecule has 6 heteroatoms. The highest BCUT2D eigenvalue weighted by molar-refractivity contribution is 5.97. The molecule has 2 N–H and O–H groups in total. The summed E-state index contributed by atoms with van der Waals surface area (Å²) in [5, 5.41) is 6.18. The zero-order chi connectivity index (χ0) is 15.2. The number of Topliss-reactive ketones (excluding diaryl/α,β-unsaturated/α-hetero) is 1. The van der Waals surface area contributed by atoms with E-state index in [4.69, 9.17) is 0 Å². The fourth-order valence-corrected chi connectivity index (χ4v) is 2.62. The molecule has 1 saturated heterocycles. The zero-order valence-electron chi connectivity index (χ0n) is 13.1. The van der Waals surface area contributed by atoms with Gasteiger partial charge < -0.3 is 10.6 Å². The Kier molecular flexibility index (Phi) is 7.51. The number of nitrogens with one attached hydrogen (secondary N) is 2. The van der Waals surface area contributed by atoms with Crippen molar-refractivity contribution < 1.29 is 9.59 Å². The van der Waals surface area contributed by atoms with Gasteiger partial charge in [-0.1, -0.05) is 12.1 Å². The quantitative estimate of drug-likeness (QED) is 0.812. The number of anilines is 1. The van der Waals surface area contributed by atoms with Gasteiger partial charge in [-0.3, -0.25) is 14.5 Å². The predicted octanol–water partition coefficient (Wildman–Crippen LogP) is 1.93. The Balaban J connectivity index is 0.00000242. The van der Waals surface area contributed by atoms with Gasteiger partial charge in [-0.15, -0.1) is 12.4 Å². The molecule has 0 bridgehead atoms. The van der Waals surface area contributed by atoms with Gasteiger partial charge in [-0.05, 0) is 52.0 Å². The maximum absolute atomic E-state index is 12.1. The molecule has 0 atom stereocenters. The number of amides is 1. The van der Waals surface area contributed by atoms with E-state index in [1.54, 1.807) is 24.3 Å². The third-order valence-corrected chi connectivity index (χ3v) is 3.88. The van der Waals surface area contributed by atoms with E-state index in [1.807, 2.05) is 7.05 Å². The first kappa shape index (κ1) is 18.6. The molecule has 5 nitrogen and oxygen atoms in total. The van der Waals surface area contributed by atoms with Gasteiger partial charge in [0.2, 0.25) is 5.91 Å². The van der Waals surface area contributed by atoms with Gasteiger partial charge >= 0.3 is 0 Å². The molecule has 0 unspecified atom stereocenters. The molecule has 1 amide bonds. The summed E-state index contributed by atoms with van der Waals surface area (Å²) < 4.78 is 0. The van der Waals surface area contributed by atoms with Crippen LogP contribution in [0.5, 0.6) is 0 Å². The first-order valence-corrected chi connectivity index (χ1v) is 7.38. The van der Waals surface area contributed by atoms with Crippen molar-refractivity contribution in [3.63, 3.8) is 0 Å². The summed E-state index contributed by atoms with van der Waals surface area (Å²) in [7, 11) is 1.99. The van der Waals surface area contributed by atoms with Crippen LogP contribution in [0, 0.1) is 0 Å². The number of likely N-dealkylation sites (N-methyl/N-ethyl adjacent to an activating group) is 1. The average Bonchev–Trinajstić information content (AvgIpc) is 2.48. The third kappa shape index (κ3) is 5.40. The Bertz CT molecular complexity index is 516. The van der Waals surface area contributed by atoms with Crippen LogP contribution in [-0.4, -0.2) is 49.3 Å². The van der Waals surface area contributed by atoms with Crippen LogP contribution in [-0.2, 0) is 4.79 Å². The first-order chi connectivity index (χ1) is 10.1. The number of nitrogens with zero attached hydrogens (tertiary/aromatic N) is 1. The molecule has 1 fully saturated rings. The molecular formula is C16H24ClN3O2. The van der Waals surface area contributed by atoms with Crippen molar-refractivity contribution in [2.45, 2.75) is 25.8 Å². The second kappa shape index (κ2) is 8.88. The van der Waals surface area contributed by atoms with E-state index in [9.17, 15) is 9.59 Å². The van der Waals surface area contributed by atoms with Gasteiger partial charge in [0.25, 0.3) is 0 Å². The number of hydrogen-bond donors (Lipinski definition) is 2. The minimum Gasteiger partial charge on any atom is -0.325 e. The van der Waals surface area contributed by atoms with Crippen LogP contribution in [0.15, 0.2) is 24.3 Å². The number of carbonyl (C=O) groups excluding carboxylic acids is 2. The first-order valence-electron chi connectivity index (χ1n) is 7.38. The van der Waals surface area contributed by atoms with Crippen molar-refractivity contribution in [2.75, 3.05) is 32.0 Å².